The smallest absolute Gasteiger partial charge is 0.0599 e. The number of piperidine rings is 1. The lowest BCUT2D eigenvalue weighted by atomic mass is 9.86. The molecule has 0 bridgehead atoms. The highest BCUT2D eigenvalue weighted by Crippen LogP contribution is 2.27. The van der Waals surface area contributed by atoms with Crippen molar-refractivity contribution in [3.8, 4) is 0 Å². The summed E-state index contributed by atoms with van der Waals surface area (Å²) < 4.78 is 5.48. The fourth-order valence-electron chi connectivity index (χ4n) is 3.64. The van der Waals surface area contributed by atoms with E-state index in [9.17, 15) is 0 Å². The minimum Gasteiger partial charge on any atom is -0.381 e. The Labute approximate surface area is 112 Å². The van der Waals surface area contributed by atoms with Crippen molar-refractivity contribution in [2.75, 3.05) is 26.7 Å². The molecule has 3 nitrogen and oxygen atoms in total. The molecule has 0 aromatic heterocycles. The third kappa shape index (κ3) is 3.94. The molecule has 0 aromatic rings. The molecule has 2 unspecified atom stereocenters. The van der Waals surface area contributed by atoms with E-state index >= 15 is 0 Å². The summed E-state index contributed by atoms with van der Waals surface area (Å²) in [7, 11) is 1.83. The van der Waals surface area contributed by atoms with Gasteiger partial charge in [0.15, 0.2) is 0 Å². The Kier molecular flexibility index (Phi) is 5.93. The lowest BCUT2D eigenvalue weighted by molar-refractivity contribution is 0.0110. The number of ether oxygens (including phenoxy) is 1. The van der Waals surface area contributed by atoms with E-state index in [1.165, 1.54) is 58.0 Å². The van der Waals surface area contributed by atoms with Gasteiger partial charge in [-0.25, -0.2) is 0 Å². The van der Waals surface area contributed by atoms with Gasteiger partial charge in [-0.15, -0.1) is 0 Å². The van der Waals surface area contributed by atoms with Crippen LogP contribution in [0.2, 0.25) is 0 Å². The predicted molar refractivity (Wildman–Crippen MR) is 75.6 cm³/mol. The zero-order chi connectivity index (χ0) is 12.8. The molecule has 2 atom stereocenters. The van der Waals surface area contributed by atoms with Crippen LogP contribution in [0.4, 0.5) is 0 Å². The molecule has 0 amide bonds. The van der Waals surface area contributed by atoms with Gasteiger partial charge in [-0.1, -0.05) is 32.1 Å². The third-order valence-electron chi connectivity index (χ3n) is 4.94. The molecule has 0 radical (unpaired) electrons. The first-order chi connectivity index (χ1) is 8.83. The van der Waals surface area contributed by atoms with Gasteiger partial charge in [0.05, 0.1) is 6.10 Å². The molecule has 2 aliphatic rings. The van der Waals surface area contributed by atoms with Gasteiger partial charge in [0, 0.05) is 26.2 Å². The molecule has 18 heavy (non-hydrogen) atoms. The summed E-state index contributed by atoms with van der Waals surface area (Å²) in [5, 5.41) is 0. The first-order valence-corrected chi connectivity index (χ1v) is 7.80. The Hall–Kier alpha value is -0.120. The van der Waals surface area contributed by atoms with Crippen LogP contribution >= 0.6 is 0 Å². The number of hydrogen-bond donors (Lipinski definition) is 1. The van der Waals surface area contributed by atoms with Crippen molar-refractivity contribution in [1.29, 1.82) is 0 Å². The molecule has 3 heteroatoms. The van der Waals surface area contributed by atoms with E-state index < -0.39 is 0 Å². The van der Waals surface area contributed by atoms with E-state index in [4.69, 9.17) is 10.5 Å². The van der Waals surface area contributed by atoms with E-state index in [2.05, 4.69) is 4.90 Å². The number of nitrogens with zero attached hydrogens (tertiary/aromatic N) is 1. The minimum absolute atomic E-state index is 0.435. The van der Waals surface area contributed by atoms with Crippen LogP contribution in [0, 0.1) is 5.92 Å². The summed E-state index contributed by atoms with van der Waals surface area (Å²) in [6, 6.07) is 0.548. The summed E-state index contributed by atoms with van der Waals surface area (Å²) in [4.78, 5) is 2.62. The van der Waals surface area contributed by atoms with Gasteiger partial charge in [-0.3, -0.25) is 4.90 Å². The third-order valence-corrected chi connectivity index (χ3v) is 4.94. The van der Waals surface area contributed by atoms with Gasteiger partial charge < -0.3 is 10.5 Å². The summed E-state index contributed by atoms with van der Waals surface area (Å²) in [5.74, 6) is 0.984. The number of hydrogen-bond acceptors (Lipinski definition) is 3. The van der Waals surface area contributed by atoms with Gasteiger partial charge in [-0.2, -0.15) is 0 Å². The van der Waals surface area contributed by atoms with Crippen LogP contribution in [0.1, 0.15) is 51.4 Å². The van der Waals surface area contributed by atoms with Crippen LogP contribution in [-0.4, -0.2) is 43.8 Å². The molecule has 2 rings (SSSR count). The normalized spacial score (nSPS) is 31.7. The molecule has 0 spiro atoms. The van der Waals surface area contributed by atoms with Crippen LogP contribution < -0.4 is 5.73 Å². The average Bonchev–Trinajstić information content (AvgIpc) is 2.46. The first-order valence-electron chi connectivity index (χ1n) is 7.80. The molecular formula is C15H30N2O. The number of likely N-dealkylation sites (tertiary alicyclic amines) is 1. The van der Waals surface area contributed by atoms with Crippen molar-refractivity contribution in [2.45, 2.75) is 63.5 Å². The fourth-order valence-corrected chi connectivity index (χ4v) is 3.64. The molecule has 106 valence electrons. The van der Waals surface area contributed by atoms with Gasteiger partial charge >= 0.3 is 0 Å². The average molecular weight is 254 g/mol. The van der Waals surface area contributed by atoms with Gasteiger partial charge in [-0.05, 0) is 31.7 Å². The molecule has 1 saturated carbocycles. The van der Waals surface area contributed by atoms with E-state index in [0.717, 1.165) is 18.9 Å². The standard InChI is InChI=1S/C15H30N2O/c1-18-15-8-10-17(14(11-15)12-16)9-7-13-5-3-2-4-6-13/h13-15H,2-12,16H2,1H3. The Bertz CT molecular complexity index is 229. The Morgan fingerprint density at radius 1 is 1.17 bits per heavy atom. The minimum atomic E-state index is 0.435. The second-order valence-corrected chi connectivity index (χ2v) is 6.10. The molecular weight excluding hydrogens is 224 g/mol. The molecule has 2 N–H and O–H groups in total. The van der Waals surface area contributed by atoms with Crippen LogP contribution in [0.3, 0.4) is 0 Å². The Morgan fingerprint density at radius 2 is 1.94 bits per heavy atom. The monoisotopic (exact) mass is 254 g/mol. The Morgan fingerprint density at radius 3 is 2.61 bits per heavy atom. The molecule has 2 fully saturated rings. The predicted octanol–water partition coefficient (Wildman–Crippen LogP) is 2.39. The number of nitrogens with two attached hydrogens (primary N) is 1. The van der Waals surface area contributed by atoms with Gasteiger partial charge in [0.25, 0.3) is 0 Å². The van der Waals surface area contributed by atoms with E-state index in [-0.39, 0.29) is 0 Å². The van der Waals surface area contributed by atoms with E-state index in [1.807, 2.05) is 7.11 Å². The summed E-state index contributed by atoms with van der Waals surface area (Å²) in [5.41, 5.74) is 5.92. The Balaban J connectivity index is 1.73. The van der Waals surface area contributed by atoms with E-state index in [1.54, 1.807) is 0 Å². The van der Waals surface area contributed by atoms with Crippen molar-refractivity contribution in [3.63, 3.8) is 0 Å². The van der Waals surface area contributed by atoms with Gasteiger partial charge in [0.2, 0.25) is 0 Å². The molecule has 1 saturated heterocycles. The van der Waals surface area contributed by atoms with Crippen molar-refractivity contribution in [2.24, 2.45) is 11.7 Å². The molecule has 1 aliphatic carbocycles. The second-order valence-electron chi connectivity index (χ2n) is 6.10. The first kappa shape index (κ1) is 14.3. The second kappa shape index (κ2) is 7.46. The highest BCUT2D eigenvalue weighted by Gasteiger charge is 2.27. The van der Waals surface area contributed by atoms with Crippen molar-refractivity contribution >= 4 is 0 Å². The maximum absolute atomic E-state index is 5.92. The zero-order valence-corrected chi connectivity index (χ0v) is 11.9. The SMILES string of the molecule is COC1CCN(CCC2CCCCC2)C(CN)C1. The van der Waals surface area contributed by atoms with Crippen LogP contribution in [0.5, 0.6) is 0 Å². The van der Waals surface area contributed by atoms with Crippen LogP contribution in [0.25, 0.3) is 0 Å². The van der Waals surface area contributed by atoms with E-state index in [0.29, 0.717) is 12.1 Å². The topological polar surface area (TPSA) is 38.5 Å². The van der Waals surface area contributed by atoms with Crippen LogP contribution in [-0.2, 0) is 4.74 Å². The van der Waals surface area contributed by atoms with Crippen molar-refractivity contribution < 1.29 is 4.74 Å². The summed E-state index contributed by atoms with van der Waals surface area (Å²) in [6.45, 7) is 3.21. The lowest BCUT2D eigenvalue weighted by Crippen LogP contribution is -2.49. The summed E-state index contributed by atoms with van der Waals surface area (Å²) in [6.07, 6.45) is 11.4. The maximum Gasteiger partial charge on any atom is 0.0599 e. The maximum atomic E-state index is 5.92. The van der Waals surface area contributed by atoms with Crippen molar-refractivity contribution in [3.05, 3.63) is 0 Å². The van der Waals surface area contributed by atoms with Crippen LogP contribution in [0.15, 0.2) is 0 Å². The number of methoxy groups -OCH3 is 1. The highest BCUT2D eigenvalue weighted by molar-refractivity contribution is 4.83. The molecule has 0 aromatic carbocycles. The summed E-state index contributed by atoms with van der Waals surface area (Å²) >= 11 is 0. The quantitative estimate of drug-likeness (QED) is 0.819. The highest BCUT2D eigenvalue weighted by atomic mass is 16.5. The number of rotatable bonds is 5. The fraction of sp³-hybridized carbons (Fsp3) is 1.00. The lowest BCUT2D eigenvalue weighted by Gasteiger charge is -2.39. The molecule has 1 heterocycles. The largest absolute Gasteiger partial charge is 0.381 e. The van der Waals surface area contributed by atoms with Crippen molar-refractivity contribution in [1.82, 2.24) is 4.90 Å². The van der Waals surface area contributed by atoms with Gasteiger partial charge in [0.1, 0.15) is 0 Å². The zero-order valence-electron chi connectivity index (χ0n) is 11.9. The molecule has 1 aliphatic heterocycles.